The Kier molecular flexibility index (Phi) is 5.30. The van der Waals surface area contributed by atoms with Crippen molar-refractivity contribution in [2.75, 3.05) is 26.2 Å². The molecule has 0 spiro atoms. The molecule has 2 aromatic rings. The minimum Gasteiger partial charge on any atom is -0.334 e. The van der Waals surface area contributed by atoms with Gasteiger partial charge in [0, 0.05) is 43.9 Å². The summed E-state index contributed by atoms with van der Waals surface area (Å²) in [6.07, 6.45) is 5.74. The Balaban J connectivity index is 1.30. The Labute approximate surface area is 178 Å². The lowest BCUT2D eigenvalue weighted by Crippen LogP contribution is -2.46. The Morgan fingerprint density at radius 1 is 0.767 bits per heavy atom. The number of benzene rings is 2. The van der Waals surface area contributed by atoms with Gasteiger partial charge in [-0.2, -0.15) is 0 Å². The lowest BCUT2D eigenvalue weighted by molar-refractivity contribution is 0.0530. The van der Waals surface area contributed by atoms with Crippen molar-refractivity contribution in [3.8, 4) is 0 Å². The standard InChI is InChI=1S/C25H29N3O2/c29-24(19-7-2-1-3-8-19)27-16-12-20-17-21(10-11-22(20)18-27)25(30)28-15-6-9-23(28)26-13-4-5-14-26/h1-3,7-8,10-11,17,23H,4-6,9,12-16,18H2. The Morgan fingerprint density at radius 2 is 1.57 bits per heavy atom. The first-order valence-electron chi connectivity index (χ1n) is 11.2. The molecule has 3 aliphatic rings. The van der Waals surface area contributed by atoms with E-state index in [0.29, 0.717) is 13.1 Å². The topological polar surface area (TPSA) is 43.9 Å². The van der Waals surface area contributed by atoms with E-state index in [2.05, 4.69) is 15.9 Å². The molecule has 5 nitrogen and oxygen atoms in total. The smallest absolute Gasteiger partial charge is 0.255 e. The van der Waals surface area contributed by atoms with Gasteiger partial charge in [0.1, 0.15) is 0 Å². The number of carbonyl (C=O) groups is 2. The zero-order valence-electron chi connectivity index (χ0n) is 17.4. The molecule has 5 rings (SSSR count). The number of amides is 2. The summed E-state index contributed by atoms with van der Waals surface area (Å²) in [4.78, 5) is 32.5. The van der Waals surface area contributed by atoms with E-state index in [1.54, 1.807) is 0 Å². The van der Waals surface area contributed by atoms with Crippen LogP contribution in [0.25, 0.3) is 0 Å². The number of nitrogens with zero attached hydrogens (tertiary/aromatic N) is 3. The highest BCUT2D eigenvalue weighted by atomic mass is 16.2. The van der Waals surface area contributed by atoms with Crippen LogP contribution in [0.15, 0.2) is 48.5 Å². The fourth-order valence-electron chi connectivity index (χ4n) is 5.19. The zero-order valence-corrected chi connectivity index (χ0v) is 17.4. The summed E-state index contributed by atoms with van der Waals surface area (Å²) in [7, 11) is 0. The number of likely N-dealkylation sites (tertiary alicyclic amines) is 2. The highest BCUT2D eigenvalue weighted by Crippen LogP contribution is 2.28. The molecule has 1 unspecified atom stereocenters. The maximum Gasteiger partial charge on any atom is 0.255 e. The summed E-state index contributed by atoms with van der Waals surface area (Å²) in [5.74, 6) is 0.238. The molecular weight excluding hydrogens is 374 g/mol. The molecule has 3 aliphatic heterocycles. The van der Waals surface area contributed by atoms with Crippen molar-refractivity contribution in [2.24, 2.45) is 0 Å². The van der Waals surface area contributed by atoms with E-state index in [9.17, 15) is 9.59 Å². The predicted molar refractivity (Wildman–Crippen MR) is 116 cm³/mol. The van der Waals surface area contributed by atoms with E-state index in [4.69, 9.17) is 0 Å². The van der Waals surface area contributed by atoms with Crippen molar-refractivity contribution in [1.82, 2.24) is 14.7 Å². The number of rotatable bonds is 3. The molecule has 1 atom stereocenters. The fraction of sp³-hybridized carbons (Fsp3) is 0.440. The van der Waals surface area contributed by atoms with E-state index in [0.717, 1.165) is 55.6 Å². The van der Waals surface area contributed by atoms with Crippen LogP contribution in [-0.4, -0.2) is 58.9 Å². The molecule has 0 bridgehead atoms. The third-order valence-electron chi connectivity index (χ3n) is 6.82. The van der Waals surface area contributed by atoms with Crippen LogP contribution in [-0.2, 0) is 13.0 Å². The fourth-order valence-corrected chi connectivity index (χ4v) is 5.19. The van der Waals surface area contributed by atoms with Gasteiger partial charge in [0.05, 0.1) is 6.17 Å². The third-order valence-corrected chi connectivity index (χ3v) is 6.82. The summed E-state index contributed by atoms with van der Waals surface area (Å²) in [5.41, 5.74) is 3.88. The molecule has 2 saturated heterocycles. The molecule has 3 heterocycles. The van der Waals surface area contributed by atoms with Gasteiger partial charge in [0.2, 0.25) is 0 Å². The van der Waals surface area contributed by atoms with Crippen LogP contribution >= 0.6 is 0 Å². The van der Waals surface area contributed by atoms with Crippen molar-refractivity contribution < 1.29 is 9.59 Å². The van der Waals surface area contributed by atoms with Gasteiger partial charge in [0.15, 0.2) is 0 Å². The second-order valence-electron chi connectivity index (χ2n) is 8.69. The average molecular weight is 404 g/mol. The SMILES string of the molecule is O=C(c1ccccc1)N1CCc2cc(C(=O)N3CCCC3N3CCCC3)ccc2C1. The summed E-state index contributed by atoms with van der Waals surface area (Å²) in [5, 5.41) is 0. The van der Waals surface area contributed by atoms with Gasteiger partial charge in [-0.3, -0.25) is 14.5 Å². The molecule has 0 aromatic heterocycles. The highest BCUT2D eigenvalue weighted by Gasteiger charge is 2.35. The molecule has 0 N–H and O–H groups in total. The molecule has 5 heteroatoms. The quantitative estimate of drug-likeness (QED) is 0.787. The molecule has 0 saturated carbocycles. The third kappa shape index (κ3) is 3.63. The van der Waals surface area contributed by atoms with Crippen molar-refractivity contribution in [1.29, 1.82) is 0 Å². The first-order valence-corrected chi connectivity index (χ1v) is 11.2. The minimum absolute atomic E-state index is 0.0759. The van der Waals surface area contributed by atoms with Crippen molar-refractivity contribution in [2.45, 2.75) is 44.8 Å². The lowest BCUT2D eigenvalue weighted by atomic mass is 9.96. The van der Waals surface area contributed by atoms with Gasteiger partial charge in [0.25, 0.3) is 11.8 Å². The molecule has 2 fully saturated rings. The van der Waals surface area contributed by atoms with Crippen LogP contribution in [0.5, 0.6) is 0 Å². The van der Waals surface area contributed by atoms with E-state index < -0.39 is 0 Å². The second-order valence-corrected chi connectivity index (χ2v) is 8.69. The minimum atomic E-state index is 0.0759. The summed E-state index contributed by atoms with van der Waals surface area (Å²) >= 11 is 0. The van der Waals surface area contributed by atoms with E-state index >= 15 is 0 Å². The average Bonchev–Trinajstić information content (AvgIpc) is 3.50. The Hall–Kier alpha value is -2.66. The number of hydrogen-bond donors (Lipinski definition) is 0. The molecular formula is C25H29N3O2. The van der Waals surface area contributed by atoms with Crippen LogP contribution in [0.3, 0.4) is 0 Å². The largest absolute Gasteiger partial charge is 0.334 e. The van der Waals surface area contributed by atoms with Crippen molar-refractivity contribution >= 4 is 11.8 Å². The molecule has 2 amide bonds. The normalized spacial score (nSPS) is 21.7. The van der Waals surface area contributed by atoms with Crippen LogP contribution in [0.4, 0.5) is 0 Å². The lowest BCUT2D eigenvalue weighted by Gasteiger charge is -2.33. The zero-order chi connectivity index (χ0) is 20.5. The molecule has 156 valence electrons. The van der Waals surface area contributed by atoms with Gasteiger partial charge in [-0.1, -0.05) is 24.3 Å². The van der Waals surface area contributed by atoms with E-state index in [1.165, 1.54) is 18.4 Å². The van der Waals surface area contributed by atoms with Crippen molar-refractivity contribution in [3.05, 3.63) is 70.8 Å². The molecule has 0 aliphatic carbocycles. The first-order chi connectivity index (χ1) is 14.7. The van der Waals surface area contributed by atoms with Crippen LogP contribution in [0, 0.1) is 0 Å². The Morgan fingerprint density at radius 3 is 2.37 bits per heavy atom. The number of hydrogen-bond acceptors (Lipinski definition) is 3. The van der Waals surface area contributed by atoms with Gasteiger partial charge in [-0.15, -0.1) is 0 Å². The summed E-state index contributed by atoms with van der Waals surface area (Å²) < 4.78 is 0. The van der Waals surface area contributed by atoms with Crippen LogP contribution < -0.4 is 0 Å². The van der Waals surface area contributed by atoms with Gasteiger partial charge in [-0.05, 0) is 67.5 Å². The summed E-state index contributed by atoms with van der Waals surface area (Å²) in [6, 6.07) is 15.5. The molecule has 0 radical (unpaired) electrons. The van der Waals surface area contributed by atoms with Gasteiger partial charge in [-0.25, -0.2) is 0 Å². The second kappa shape index (κ2) is 8.23. The number of fused-ring (bicyclic) bond motifs is 1. The van der Waals surface area contributed by atoms with Gasteiger partial charge < -0.3 is 9.80 Å². The van der Waals surface area contributed by atoms with Crippen LogP contribution in [0.2, 0.25) is 0 Å². The first kappa shape index (κ1) is 19.3. The Bertz CT molecular complexity index is 937. The summed E-state index contributed by atoms with van der Waals surface area (Å²) in [6.45, 7) is 4.39. The van der Waals surface area contributed by atoms with Gasteiger partial charge >= 0.3 is 0 Å². The van der Waals surface area contributed by atoms with E-state index in [-0.39, 0.29) is 18.0 Å². The monoisotopic (exact) mass is 403 g/mol. The van der Waals surface area contributed by atoms with Crippen LogP contribution in [0.1, 0.15) is 57.5 Å². The maximum atomic E-state index is 13.3. The predicted octanol–water partition coefficient (Wildman–Crippen LogP) is 3.54. The van der Waals surface area contributed by atoms with E-state index in [1.807, 2.05) is 47.4 Å². The van der Waals surface area contributed by atoms with Crippen molar-refractivity contribution in [3.63, 3.8) is 0 Å². The number of carbonyl (C=O) groups excluding carboxylic acids is 2. The molecule has 2 aromatic carbocycles. The maximum absolute atomic E-state index is 13.3. The highest BCUT2D eigenvalue weighted by molar-refractivity contribution is 5.95. The molecule has 30 heavy (non-hydrogen) atoms.